The molecule has 1 aliphatic rings. The smallest absolute Gasteiger partial charge is 0.486 e. The fraction of sp³-hybridized carbons (Fsp3) is 0.312. The molecule has 0 radical (unpaired) electrons. The molecule has 1 atom stereocenters. The lowest BCUT2D eigenvalue weighted by molar-refractivity contribution is -0.274. The van der Waals surface area contributed by atoms with Crippen LogP contribution < -0.4 is 14.4 Å². The summed E-state index contributed by atoms with van der Waals surface area (Å²) < 4.78 is 48.5. The average Bonchev–Trinajstić information content (AvgIpc) is 3.00. The Bertz CT molecular complexity index is 1020. The summed E-state index contributed by atoms with van der Waals surface area (Å²) in [5.74, 6) is 0.265. The lowest BCUT2D eigenvalue weighted by atomic mass is 10.2. The highest BCUT2D eigenvalue weighted by molar-refractivity contribution is 6.31. The normalized spacial score (nSPS) is 17.0. The van der Waals surface area contributed by atoms with E-state index in [1.165, 1.54) is 22.7 Å². The summed E-state index contributed by atoms with van der Waals surface area (Å²) >= 11 is 6.26. The van der Waals surface area contributed by atoms with E-state index in [9.17, 15) is 13.2 Å². The number of alkyl halides is 3. The van der Waals surface area contributed by atoms with Crippen LogP contribution in [0.25, 0.3) is 17.0 Å². The summed E-state index contributed by atoms with van der Waals surface area (Å²) in [4.78, 5) is 1.95. The number of halogens is 4. The number of hydrogen-bond acceptors (Lipinski definition) is 6. The van der Waals surface area contributed by atoms with Crippen molar-refractivity contribution in [2.45, 2.75) is 19.3 Å². The third-order valence-electron chi connectivity index (χ3n) is 4.25. The molecule has 0 saturated carbocycles. The summed E-state index contributed by atoms with van der Waals surface area (Å²) in [6.45, 7) is 2.42. The maximum atomic E-state index is 12.5. The maximum absolute atomic E-state index is 12.5. The van der Waals surface area contributed by atoms with Crippen molar-refractivity contribution in [2.24, 2.45) is 0 Å². The third-order valence-corrected chi connectivity index (χ3v) is 4.50. The number of aromatic nitrogens is 4. The first-order valence-corrected chi connectivity index (χ1v) is 8.29. The maximum Gasteiger partial charge on any atom is 0.573 e. The molecule has 3 heterocycles. The van der Waals surface area contributed by atoms with Crippen molar-refractivity contribution in [1.82, 2.24) is 19.8 Å². The molecular weight excluding hydrogens is 387 g/mol. The zero-order chi connectivity index (χ0) is 19.3. The molecule has 11 heteroatoms. The standard InChI is InChI=1S/C16H13ClF3N5O2/c1-8-7-26-12-11(24(8)2)15-22-21-14(25(15)23-13(12)17)9-4-3-5-10(6-9)27-16(18,19)20/h3-6,8H,7H2,1-2H3. The second-order valence-electron chi connectivity index (χ2n) is 6.07. The van der Waals surface area contributed by atoms with Crippen molar-refractivity contribution in [3.8, 4) is 22.9 Å². The van der Waals surface area contributed by atoms with Gasteiger partial charge in [0.05, 0.1) is 6.04 Å². The van der Waals surface area contributed by atoms with Gasteiger partial charge in [0.15, 0.2) is 16.7 Å². The second kappa shape index (κ2) is 6.15. The van der Waals surface area contributed by atoms with Crippen LogP contribution in [-0.2, 0) is 0 Å². The minimum Gasteiger partial charge on any atom is -0.486 e. The van der Waals surface area contributed by atoms with Crippen LogP contribution in [0.15, 0.2) is 24.3 Å². The molecule has 1 aromatic carbocycles. The SMILES string of the molecule is CC1COc2c(Cl)nn3c(-c4cccc(OC(F)(F)F)c4)nnc3c2N1C. The van der Waals surface area contributed by atoms with E-state index in [-0.39, 0.29) is 22.8 Å². The monoisotopic (exact) mass is 399 g/mol. The first-order chi connectivity index (χ1) is 12.7. The van der Waals surface area contributed by atoms with Gasteiger partial charge in [-0.3, -0.25) is 0 Å². The van der Waals surface area contributed by atoms with Gasteiger partial charge in [-0.15, -0.1) is 28.5 Å². The fourth-order valence-electron chi connectivity index (χ4n) is 2.85. The van der Waals surface area contributed by atoms with Gasteiger partial charge in [-0.25, -0.2) is 0 Å². The van der Waals surface area contributed by atoms with Crippen molar-refractivity contribution in [2.75, 3.05) is 18.6 Å². The summed E-state index contributed by atoms with van der Waals surface area (Å²) in [7, 11) is 1.87. The lowest BCUT2D eigenvalue weighted by Gasteiger charge is -2.33. The zero-order valence-corrected chi connectivity index (χ0v) is 14.9. The quantitative estimate of drug-likeness (QED) is 0.656. The molecule has 0 amide bonds. The van der Waals surface area contributed by atoms with Crippen molar-refractivity contribution in [3.05, 3.63) is 29.4 Å². The molecule has 0 aliphatic carbocycles. The number of benzene rings is 1. The largest absolute Gasteiger partial charge is 0.573 e. The second-order valence-corrected chi connectivity index (χ2v) is 6.43. The van der Waals surface area contributed by atoms with Gasteiger partial charge in [0.1, 0.15) is 18.0 Å². The summed E-state index contributed by atoms with van der Waals surface area (Å²) in [6, 6.07) is 5.49. The third kappa shape index (κ3) is 3.09. The lowest BCUT2D eigenvalue weighted by Crippen LogP contribution is -2.38. The van der Waals surface area contributed by atoms with Crippen LogP contribution in [-0.4, -0.2) is 45.9 Å². The molecule has 4 rings (SSSR count). The number of nitrogens with zero attached hydrogens (tertiary/aromatic N) is 5. The van der Waals surface area contributed by atoms with E-state index in [2.05, 4.69) is 20.0 Å². The van der Waals surface area contributed by atoms with Gasteiger partial charge in [-0.1, -0.05) is 23.7 Å². The molecule has 0 fully saturated rings. The number of anilines is 1. The molecule has 2 aromatic heterocycles. The van der Waals surface area contributed by atoms with Crippen LogP contribution in [0.2, 0.25) is 5.15 Å². The number of fused-ring (bicyclic) bond motifs is 3. The predicted octanol–water partition coefficient (Wildman–Crippen LogP) is 3.56. The Morgan fingerprint density at radius 3 is 2.81 bits per heavy atom. The molecule has 0 bridgehead atoms. The number of hydrogen-bond donors (Lipinski definition) is 0. The van der Waals surface area contributed by atoms with Crippen LogP contribution in [0.3, 0.4) is 0 Å². The van der Waals surface area contributed by atoms with Gasteiger partial charge >= 0.3 is 6.36 Å². The Balaban J connectivity index is 1.86. The Morgan fingerprint density at radius 2 is 2.07 bits per heavy atom. The van der Waals surface area contributed by atoms with Crippen molar-refractivity contribution in [3.63, 3.8) is 0 Å². The molecular formula is C16H13ClF3N5O2. The van der Waals surface area contributed by atoms with Gasteiger partial charge in [0, 0.05) is 12.6 Å². The number of likely N-dealkylation sites (N-methyl/N-ethyl adjacent to an activating group) is 1. The number of rotatable bonds is 2. The Labute approximate surface area is 156 Å². The van der Waals surface area contributed by atoms with E-state index in [1.54, 1.807) is 6.07 Å². The predicted molar refractivity (Wildman–Crippen MR) is 91.3 cm³/mol. The zero-order valence-electron chi connectivity index (χ0n) is 14.2. The minimum atomic E-state index is -4.79. The van der Waals surface area contributed by atoms with Gasteiger partial charge in [0.25, 0.3) is 0 Å². The van der Waals surface area contributed by atoms with E-state index in [0.29, 0.717) is 29.3 Å². The van der Waals surface area contributed by atoms with Crippen molar-refractivity contribution < 1.29 is 22.6 Å². The van der Waals surface area contributed by atoms with Crippen molar-refractivity contribution >= 4 is 22.9 Å². The van der Waals surface area contributed by atoms with E-state index >= 15 is 0 Å². The minimum absolute atomic E-state index is 0.0726. The summed E-state index contributed by atoms with van der Waals surface area (Å²) in [5, 5.41) is 12.6. The van der Waals surface area contributed by atoms with Crippen molar-refractivity contribution in [1.29, 1.82) is 0 Å². The van der Waals surface area contributed by atoms with E-state index in [4.69, 9.17) is 16.3 Å². The first kappa shape index (κ1) is 17.7. The molecule has 3 aromatic rings. The summed E-state index contributed by atoms with van der Waals surface area (Å²) in [5.41, 5.74) is 1.36. The molecule has 0 spiro atoms. The van der Waals surface area contributed by atoms with E-state index in [1.807, 2.05) is 18.9 Å². The Hall–Kier alpha value is -2.75. The van der Waals surface area contributed by atoms with Crippen LogP contribution in [0.5, 0.6) is 11.5 Å². The Kier molecular flexibility index (Phi) is 4.02. The highest BCUT2D eigenvalue weighted by atomic mass is 35.5. The van der Waals surface area contributed by atoms with Gasteiger partial charge in [-0.2, -0.15) is 4.52 Å². The van der Waals surface area contributed by atoms with Crippen LogP contribution in [0.4, 0.5) is 18.9 Å². The van der Waals surface area contributed by atoms with E-state index < -0.39 is 6.36 Å². The van der Waals surface area contributed by atoms with Gasteiger partial charge in [0.2, 0.25) is 5.65 Å². The molecule has 27 heavy (non-hydrogen) atoms. The fourth-order valence-corrected chi connectivity index (χ4v) is 3.07. The molecule has 0 N–H and O–H groups in total. The summed E-state index contributed by atoms with van der Waals surface area (Å²) in [6.07, 6.45) is -4.79. The number of ether oxygens (including phenoxy) is 2. The van der Waals surface area contributed by atoms with E-state index in [0.717, 1.165) is 0 Å². The highest BCUT2D eigenvalue weighted by Crippen LogP contribution is 2.41. The molecule has 1 unspecified atom stereocenters. The van der Waals surface area contributed by atoms with Crippen LogP contribution in [0, 0.1) is 0 Å². The first-order valence-electron chi connectivity index (χ1n) is 7.91. The highest BCUT2D eigenvalue weighted by Gasteiger charge is 2.32. The molecule has 7 nitrogen and oxygen atoms in total. The van der Waals surface area contributed by atoms with Gasteiger partial charge < -0.3 is 14.4 Å². The van der Waals surface area contributed by atoms with Crippen LogP contribution in [0.1, 0.15) is 6.92 Å². The molecule has 0 saturated heterocycles. The molecule has 1 aliphatic heterocycles. The van der Waals surface area contributed by atoms with Crippen LogP contribution >= 0.6 is 11.6 Å². The molecule has 142 valence electrons. The Morgan fingerprint density at radius 1 is 1.30 bits per heavy atom. The van der Waals surface area contributed by atoms with Gasteiger partial charge in [-0.05, 0) is 19.1 Å². The topological polar surface area (TPSA) is 64.8 Å². The average molecular weight is 400 g/mol.